The van der Waals surface area contributed by atoms with Crippen molar-refractivity contribution < 1.29 is 19.4 Å². The normalized spacial score (nSPS) is 10.1. The molecule has 0 aromatic heterocycles. The van der Waals surface area contributed by atoms with Crippen LogP contribution in [0, 0.1) is 0 Å². The van der Waals surface area contributed by atoms with E-state index < -0.39 is 5.97 Å². The van der Waals surface area contributed by atoms with E-state index in [0.717, 1.165) is 0 Å². The van der Waals surface area contributed by atoms with Gasteiger partial charge in [-0.2, -0.15) is 0 Å². The summed E-state index contributed by atoms with van der Waals surface area (Å²) in [5, 5.41) is 9.02. The lowest BCUT2D eigenvalue weighted by molar-refractivity contribution is -0.136. The summed E-state index contributed by atoms with van der Waals surface area (Å²) in [5.74, 6) is -0.350. The van der Waals surface area contributed by atoms with Crippen molar-refractivity contribution in [3.8, 4) is 5.75 Å². The minimum absolute atomic E-state index is 0.0436. The van der Waals surface area contributed by atoms with Crippen LogP contribution in [0.4, 0.5) is 0 Å². The molecule has 0 aliphatic carbocycles. The fourth-order valence-corrected chi connectivity index (χ4v) is 1.44. The second-order valence-electron chi connectivity index (χ2n) is 3.18. The molecule has 0 amide bonds. The number of ether oxygens (including phenoxy) is 2. The molecule has 1 aromatic carbocycles. The highest BCUT2D eigenvalue weighted by molar-refractivity contribution is 6.32. The molecule has 4 nitrogen and oxygen atoms in total. The van der Waals surface area contributed by atoms with E-state index in [4.69, 9.17) is 26.2 Å². The lowest BCUT2D eigenvalue weighted by atomic mass is 10.1. The molecule has 88 valence electrons. The van der Waals surface area contributed by atoms with Gasteiger partial charge < -0.3 is 14.6 Å². The van der Waals surface area contributed by atoms with Crippen molar-refractivity contribution in [3.05, 3.63) is 28.8 Å². The van der Waals surface area contributed by atoms with E-state index in [1.165, 1.54) is 0 Å². The smallest absolute Gasteiger partial charge is 0.307 e. The topological polar surface area (TPSA) is 55.8 Å². The highest BCUT2D eigenvalue weighted by atomic mass is 35.5. The maximum absolute atomic E-state index is 10.5. The van der Waals surface area contributed by atoms with Gasteiger partial charge in [0, 0.05) is 7.11 Å². The average Bonchev–Trinajstić information content (AvgIpc) is 2.20. The van der Waals surface area contributed by atoms with Crippen molar-refractivity contribution in [1.29, 1.82) is 0 Å². The van der Waals surface area contributed by atoms with Gasteiger partial charge in [0.25, 0.3) is 0 Å². The predicted molar refractivity (Wildman–Crippen MR) is 60.2 cm³/mol. The highest BCUT2D eigenvalue weighted by Crippen LogP contribution is 2.25. The monoisotopic (exact) mass is 244 g/mol. The van der Waals surface area contributed by atoms with E-state index in [-0.39, 0.29) is 6.42 Å². The molecule has 5 heteroatoms. The molecule has 0 fully saturated rings. The molecule has 1 N–H and O–H groups in total. The molecular weight excluding hydrogens is 232 g/mol. The van der Waals surface area contributed by atoms with E-state index in [0.29, 0.717) is 29.5 Å². The summed E-state index contributed by atoms with van der Waals surface area (Å²) >= 11 is 5.93. The SMILES string of the molecule is COCCOc1ccc(CC(=O)O)cc1Cl. The first-order valence-corrected chi connectivity index (χ1v) is 5.13. The summed E-state index contributed by atoms with van der Waals surface area (Å²) in [4.78, 5) is 10.5. The van der Waals surface area contributed by atoms with Crippen LogP contribution in [0.3, 0.4) is 0 Å². The number of carbonyl (C=O) groups is 1. The van der Waals surface area contributed by atoms with Crippen LogP contribution in [0.2, 0.25) is 5.02 Å². The average molecular weight is 245 g/mol. The fourth-order valence-electron chi connectivity index (χ4n) is 1.18. The minimum atomic E-state index is -0.885. The first kappa shape index (κ1) is 12.8. The summed E-state index contributed by atoms with van der Waals surface area (Å²) < 4.78 is 10.2. The van der Waals surface area contributed by atoms with Crippen molar-refractivity contribution >= 4 is 17.6 Å². The third-order valence-electron chi connectivity index (χ3n) is 1.90. The van der Waals surface area contributed by atoms with Gasteiger partial charge in [0.05, 0.1) is 18.1 Å². The summed E-state index contributed by atoms with van der Waals surface area (Å²) in [6.07, 6.45) is -0.0436. The maximum atomic E-state index is 10.5. The molecule has 1 rings (SSSR count). The zero-order chi connectivity index (χ0) is 12.0. The van der Waals surface area contributed by atoms with Crippen LogP contribution in [-0.2, 0) is 16.0 Å². The zero-order valence-corrected chi connectivity index (χ0v) is 9.66. The van der Waals surface area contributed by atoms with Gasteiger partial charge in [0.15, 0.2) is 0 Å². The largest absolute Gasteiger partial charge is 0.490 e. The van der Waals surface area contributed by atoms with Crippen LogP contribution in [0.15, 0.2) is 18.2 Å². The Morgan fingerprint density at radius 1 is 1.44 bits per heavy atom. The maximum Gasteiger partial charge on any atom is 0.307 e. The number of benzene rings is 1. The number of methoxy groups -OCH3 is 1. The Bertz CT molecular complexity index is 365. The highest BCUT2D eigenvalue weighted by Gasteiger charge is 2.05. The molecule has 0 spiro atoms. The van der Waals surface area contributed by atoms with Gasteiger partial charge >= 0.3 is 5.97 Å². The Labute approximate surface area is 98.7 Å². The molecule has 0 saturated carbocycles. The number of carboxylic acids is 1. The molecular formula is C11H13ClO4. The number of rotatable bonds is 6. The molecule has 0 radical (unpaired) electrons. The lowest BCUT2D eigenvalue weighted by Gasteiger charge is -2.08. The number of carboxylic acid groups (broad SMARTS) is 1. The Hall–Kier alpha value is -1.26. The van der Waals surface area contributed by atoms with Gasteiger partial charge in [-0.25, -0.2) is 0 Å². The van der Waals surface area contributed by atoms with Gasteiger partial charge in [0.1, 0.15) is 12.4 Å². The van der Waals surface area contributed by atoms with Gasteiger partial charge in [-0.15, -0.1) is 0 Å². The predicted octanol–water partition coefficient (Wildman–Crippen LogP) is 1.99. The summed E-state index contributed by atoms with van der Waals surface area (Å²) in [7, 11) is 1.58. The van der Waals surface area contributed by atoms with Crippen molar-refractivity contribution in [2.45, 2.75) is 6.42 Å². The van der Waals surface area contributed by atoms with Gasteiger partial charge in [-0.05, 0) is 17.7 Å². The Morgan fingerprint density at radius 2 is 2.19 bits per heavy atom. The second-order valence-corrected chi connectivity index (χ2v) is 3.58. The number of halogens is 1. The second kappa shape index (κ2) is 6.35. The fraction of sp³-hybridized carbons (Fsp3) is 0.364. The van der Waals surface area contributed by atoms with Gasteiger partial charge in [0.2, 0.25) is 0 Å². The molecule has 0 aliphatic rings. The van der Waals surface area contributed by atoms with Crippen molar-refractivity contribution in [2.24, 2.45) is 0 Å². The van der Waals surface area contributed by atoms with Crippen LogP contribution in [0.25, 0.3) is 0 Å². The minimum Gasteiger partial charge on any atom is -0.490 e. The Balaban J connectivity index is 2.64. The quantitative estimate of drug-likeness (QED) is 0.778. The van der Waals surface area contributed by atoms with Crippen LogP contribution in [-0.4, -0.2) is 31.4 Å². The van der Waals surface area contributed by atoms with E-state index in [2.05, 4.69) is 0 Å². The molecule has 0 heterocycles. The molecule has 0 saturated heterocycles. The van der Waals surface area contributed by atoms with E-state index in [9.17, 15) is 4.79 Å². The molecule has 1 aromatic rings. The molecule has 0 aliphatic heterocycles. The summed E-state index contributed by atoms with van der Waals surface area (Å²) in [5.41, 5.74) is 0.650. The molecule has 0 unspecified atom stereocenters. The van der Waals surface area contributed by atoms with E-state index in [1.54, 1.807) is 25.3 Å². The van der Waals surface area contributed by atoms with Crippen LogP contribution in [0.1, 0.15) is 5.56 Å². The molecule has 0 atom stereocenters. The summed E-state index contributed by atoms with van der Waals surface area (Å²) in [6, 6.07) is 4.94. The third-order valence-corrected chi connectivity index (χ3v) is 2.19. The van der Waals surface area contributed by atoms with Crippen molar-refractivity contribution in [2.75, 3.05) is 20.3 Å². The number of hydrogen-bond donors (Lipinski definition) is 1. The molecule has 0 bridgehead atoms. The number of hydrogen-bond acceptors (Lipinski definition) is 3. The lowest BCUT2D eigenvalue weighted by Crippen LogP contribution is -2.05. The molecule has 16 heavy (non-hydrogen) atoms. The Kier molecular flexibility index (Phi) is 5.08. The number of aliphatic carboxylic acids is 1. The first-order valence-electron chi connectivity index (χ1n) is 4.75. The zero-order valence-electron chi connectivity index (χ0n) is 8.90. The van der Waals surface area contributed by atoms with E-state index >= 15 is 0 Å². The first-order chi connectivity index (χ1) is 7.63. The summed E-state index contributed by atoms with van der Waals surface area (Å²) in [6.45, 7) is 0.891. The Morgan fingerprint density at radius 3 is 2.75 bits per heavy atom. The van der Waals surface area contributed by atoms with Crippen molar-refractivity contribution in [3.63, 3.8) is 0 Å². The van der Waals surface area contributed by atoms with Crippen LogP contribution >= 0.6 is 11.6 Å². The van der Waals surface area contributed by atoms with Crippen molar-refractivity contribution in [1.82, 2.24) is 0 Å². The van der Waals surface area contributed by atoms with E-state index in [1.807, 2.05) is 0 Å². The third kappa shape index (κ3) is 4.08. The van der Waals surface area contributed by atoms with Crippen LogP contribution < -0.4 is 4.74 Å². The standard InChI is InChI=1S/C11H13ClO4/c1-15-4-5-16-10-3-2-8(6-9(10)12)7-11(13)14/h2-3,6H,4-5,7H2,1H3,(H,13,14). The van der Waals surface area contributed by atoms with Gasteiger partial charge in [-0.1, -0.05) is 17.7 Å². The van der Waals surface area contributed by atoms with Gasteiger partial charge in [-0.3, -0.25) is 4.79 Å². The van der Waals surface area contributed by atoms with Crippen LogP contribution in [0.5, 0.6) is 5.75 Å².